The first kappa shape index (κ1) is 15.2. The van der Waals surface area contributed by atoms with Crippen LogP contribution in [0.15, 0.2) is 23.2 Å². The van der Waals surface area contributed by atoms with Gasteiger partial charge in [-0.25, -0.2) is 18.1 Å². The fourth-order valence-corrected chi connectivity index (χ4v) is 3.86. The molecule has 0 spiro atoms. The van der Waals surface area contributed by atoms with Crippen LogP contribution in [-0.2, 0) is 16.6 Å². The van der Waals surface area contributed by atoms with Gasteiger partial charge in [0.15, 0.2) is 0 Å². The lowest BCUT2D eigenvalue weighted by Gasteiger charge is -2.06. The van der Waals surface area contributed by atoms with Gasteiger partial charge in [-0.1, -0.05) is 11.6 Å². The van der Waals surface area contributed by atoms with Crippen molar-refractivity contribution in [2.45, 2.75) is 25.3 Å². The highest BCUT2D eigenvalue weighted by atomic mass is 35.5. The second-order valence-electron chi connectivity index (χ2n) is 4.31. The maximum atomic E-state index is 12.1. The number of nitrogens with two attached hydrogens (primary N) is 1. The molecule has 0 saturated carbocycles. The molecular weight excluding hydrogens is 318 g/mol. The van der Waals surface area contributed by atoms with E-state index in [1.807, 2.05) is 19.9 Å². The number of thiophene rings is 1. The molecule has 0 bridgehead atoms. The second kappa shape index (κ2) is 5.69. The van der Waals surface area contributed by atoms with E-state index in [0.717, 1.165) is 10.4 Å². The van der Waals surface area contributed by atoms with E-state index in [-0.39, 0.29) is 22.3 Å². The fraction of sp³-hybridized carbons (Fsp3) is 0.250. The number of anilines is 1. The predicted molar refractivity (Wildman–Crippen MR) is 81.5 cm³/mol. The minimum Gasteiger partial charge on any atom is -0.382 e. The van der Waals surface area contributed by atoms with Gasteiger partial charge in [0, 0.05) is 22.5 Å². The Labute approximate surface area is 126 Å². The molecule has 0 radical (unpaired) electrons. The SMILES string of the molecule is Cc1cc(CNS(=O)(=O)c2cnc(N)c(Cl)c2)sc1C. The van der Waals surface area contributed by atoms with Crippen molar-refractivity contribution >= 4 is 38.8 Å². The topological polar surface area (TPSA) is 85.1 Å². The van der Waals surface area contributed by atoms with Crippen LogP contribution in [0.2, 0.25) is 5.02 Å². The molecule has 0 saturated heterocycles. The lowest BCUT2D eigenvalue weighted by Crippen LogP contribution is -2.23. The standard InChI is InChI=1S/C12H14ClN3O2S2/c1-7-3-9(19-8(7)2)5-16-20(17,18)10-4-11(13)12(14)15-6-10/h3-4,6,16H,5H2,1-2H3,(H2,14,15). The zero-order valence-electron chi connectivity index (χ0n) is 11.0. The average Bonchev–Trinajstić information content (AvgIpc) is 2.70. The van der Waals surface area contributed by atoms with Crippen LogP contribution in [0.4, 0.5) is 5.82 Å². The highest BCUT2D eigenvalue weighted by molar-refractivity contribution is 7.89. The number of aromatic nitrogens is 1. The summed E-state index contributed by atoms with van der Waals surface area (Å²) in [6.07, 6.45) is 1.19. The van der Waals surface area contributed by atoms with Gasteiger partial charge in [-0.05, 0) is 31.5 Å². The Balaban J connectivity index is 2.16. The quantitative estimate of drug-likeness (QED) is 0.901. The van der Waals surface area contributed by atoms with Gasteiger partial charge in [0.2, 0.25) is 10.0 Å². The van der Waals surface area contributed by atoms with Crippen LogP contribution < -0.4 is 10.5 Å². The van der Waals surface area contributed by atoms with Gasteiger partial charge >= 0.3 is 0 Å². The molecule has 2 aromatic rings. The fourth-order valence-electron chi connectivity index (χ4n) is 1.56. The summed E-state index contributed by atoms with van der Waals surface area (Å²) in [4.78, 5) is 5.88. The minimum absolute atomic E-state index is 0.00157. The molecule has 5 nitrogen and oxygen atoms in total. The summed E-state index contributed by atoms with van der Waals surface area (Å²) in [6.45, 7) is 4.23. The van der Waals surface area contributed by atoms with Crippen LogP contribution >= 0.6 is 22.9 Å². The normalized spacial score (nSPS) is 11.8. The van der Waals surface area contributed by atoms with E-state index in [9.17, 15) is 8.42 Å². The number of rotatable bonds is 4. The Hall–Kier alpha value is -1.15. The average molecular weight is 332 g/mol. The second-order valence-corrected chi connectivity index (χ2v) is 7.83. The lowest BCUT2D eigenvalue weighted by atomic mass is 10.3. The van der Waals surface area contributed by atoms with E-state index in [1.165, 1.54) is 17.1 Å². The smallest absolute Gasteiger partial charge is 0.242 e. The van der Waals surface area contributed by atoms with Crippen molar-refractivity contribution in [3.63, 3.8) is 0 Å². The van der Waals surface area contributed by atoms with Gasteiger partial charge in [0.05, 0.1) is 5.02 Å². The number of nitrogens with zero attached hydrogens (tertiary/aromatic N) is 1. The van der Waals surface area contributed by atoms with Crippen LogP contribution in [0.3, 0.4) is 0 Å². The molecule has 2 aromatic heterocycles. The van der Waals surface area contributed by atoms with Crippen LogP contribution in [-0.4, -0.2) is 13.4 Å². The van der Waals surface area contributed by atoms with Crippen molar-refractivity contribution in [1.29, 1.82) is 0 Å². The van der Waals surface area contributed by atoms with E-state index in [4.69, 9.17) is 17.3 Å². The van der Waals surface area contributed by atoms with Gasteiger partial charge in [-0.3, -0.25) is 0 Å². The molecule has 20 heavy (non-hydrogen) atoms. The Kier molecular flexibility index (Phi) is 4.33. The Bertz CT molecular complexity index is 722. The van der Waals surface area contributed by atoms with E-state index in [0.29, 0.717) is 0 Å². The van der Waals surface area contributed by atoms with Crippen molar-refractivity contribution in [2.75, 3.05) is 5.73 Å². The molecule has 0 fully saturated rings. The molecule has 2 heterocycles. The molecule has 0 aliphatic rings. The van der Waals surface area contributed by atoms with E-state index in [1.54, 1.807) is 11.3 Å². The number of aryl methyl sites for hydroxylation is 2. The van der Waals surface area contributed by atoms with Crippen molar-refractivity contribution in [3.05, 3.63) is 38.7 Å². The van der Waals surface area contributed by atoms with Crippen LogP contribution in [0.5, 0.6) is 0 Å². The summed E-state index contributed by atoms with van der Waals surface area (Å²) < 4.78 is 26.8. The maximum Gasteiger partial charge on any atom is 0.242 e. The van der Waals surface area contributed by atoms with Gasteiger partial charge in [-0.15, -0.1) is 11.3 Å². The number of hydrogen-bond donors (Lipinski definition) is 2. The minimum atomic E-state index is -3.65. The summed E-state index contributed by atoms with van der Waals surface area (Å²) in [5.74, 6) is 0.107. The van der Waals surface area contributed by atoms with Crippen molar-refractivity contribution in [1.82, 2.24) is 9.71 Å². The van der Waals surface area contributed by atoms with E-state index >= 15 is 0 Å². The van der Waals surface area contributed by atoms with Crippen molar-refractivity contribution < 1.29 is 8.42 Å². The Morgan fingerprint density at radius 2 is 2.10 bits per heavy atom. The first-order chi connectivity index (χ1) is 9.29. The Morgan fingerprint density at radius 1 is 1.40 bits per heavy atom. The molecule has 108 valence electrons. The third-order valence-corrected chi connectivity index (χ3v) is 5.63. The van der Waals surface area contributed by atoms with Crippen LogP contribution in [0.1, 0.15) is 15.3 Å². The molecule has 8 heteroatoms. The van der Waals surface area contributed by atoms with Crippen molar-refractivity contribution in [3.8, 4) is 0 Å². The molecule has 0 atom stereocenters. The van der Waals surface area contributed by atoms with Crippen LogP contribution in [0.25, 0.3) is 0 Å². The van der Waals surface area contributed by atoms with Crippen molar-refractivity contribution in [2.24, 2.45) is 0 Å². The van der Waals surface area contributed by atoms with Gasteiger partial charge in [-0.2, -0.15) is 0 Å². The number of pyridine rings is 1. The number of nitrogen functional groups attached to an aromatic ring is 1. The summed E-state index contributed by atoms with van der Waals surface area (Å²) in [6, 6.07) is 3.26. The molecule has 0 unspecified atom stereocenters. The lowest BCUT2D eigenvalue weighted by molar-refractivity contribution is 0.581. The van der Waals surface area contributed by atoms with E-state index in [2.05, 4.69) is 9.71 Å². The third kappa shape index (κ3) is 3.29. The first-order valence-corrected chi connectivity index (χ1v) is 8.44. The zero-order valence-corrected chi connectivity index (χ0v) is 13.4. The summed E-state index contributed by atoms with van der Waals surface area (Å²) in [5, 5.41) is 0.121. The number of halogens is 1. The van der Waals surface area contributed by atoms with Gasteiger partial charge in [0.25, 0.3) is 0 Å². The zero-order chi connectivity index (χ0) is 14.9. The predicted octanol–water partition coefficient (Wildman–Crippen LogP) is 2.47. The highest BCUT2D eigenvalue weighted by Crippen LogP contribution is 2.22. The molecule has 2 rings (SSSR count). The first-order valence-electron chi connectivity index (χ1n) is 5.76. The molecule has 3 N–H and O–H groups in total. The van der Waals surface area contributed by atoms with Crippen LogP contribution in [0, 0.1) is 13.8 Å². The van der Waals surface area contributed by atoms with E-state index < -0.39 is 10.0 Å². The summed E-state index contributed by atoms with van der Waals surface area (Å²) in [7, 11) is -3.65. The summed E-state index contributed by atoms with van der Waals surface area (Å²) in [5.41, 5.74) is 6.61. The molecular formula is C12H14ClN3O2S2. The summed E-state index contributed by atoms with van der Waals surface area (Å²) >= 11 is 7.35. The molecule has 0 aliphatic heterocycles. The maximum absolute atomic E-state index is 12.1. The third-order valence-electron chi connectivity index (χ3n) is 2.81. The number of nitrogens with one attached hydrogen (secondary N) is 1. The Morgan fingerprint density at radius 3 is 2.65 bits per heavy atom. The number of hydrogen-bond acceptors (Lipinski definition) is 5. The number of sulfonamides is 1. The largest absolute Gasteiger partial charge is 0.382 e. The highest BCUT2D eigenvalue weighted by Gasteiger charge is 2.16. The monoisotopic (exact) mass is 331 g/mol. The van der Waals surface area contributed by atoms with Gasteiger partial charge < -0.3 is 5.73 Å². The molecule has 0 aliphatic carbocycles. The molecule has 0 amide bonds. The molecule has 0 aromatic carbocycles. The van der Waals surface area contributed by atoms with Gasteiger partial charge in [0.1, 0.15) is 10.7 Å².